The number of fused-ring (bicyclic) bond motifs is 1. The molecule has 0 saturated heterocycles. The van der Waals surface area contributed by atoms with Crippen LogP contribution < -0.4 is 5.32 Å². The van der Waals surface area contributed by atoms with Gasteiger partial charge in [-0.3, -0.25) is 0 Å². The molecule has 19 heavy (non-hydrogen) atoms. The molecule has 0 heterocycles. The van der Waals surface area contributed by atoms with Gasteiger partial charge in [0.2, 0.25) is 0 Å². The van der Waals surface area contributed by atoms with Gasteiger partial charge >= 0.3 is 0 Å². The Bertz CT molecular complexity index is 494. The SMILES string of the molecule is C=[C-]NC(=O)[C-]1CC(C)(C)Cc2ccc(C)cc21.[Tc]. The van der Waals surface area contributed by atoms with E-state index in [4.69, 9.17) is 0 Å². The predicted molar refractivity (Wildman–Crippen MR) is 72.6 cm³/mol. The van der Waals surface area contributed by atoms with Gasteiger partial charge in [-0.1, -0.05) is 39.7 Å². The van der Waals surface area contributed by atoms with Crippen molar-refractivity contribution in [2.75, 3.05) is 0 Å². The molecule has 103 valence electrons. The zero-order valence-electron chi connectivity index (χ0n) is 11.6. The summed E-state index contributed by atoms with van der Waals surface area (Å²) < 4.78 is 0. The normalized spacial score (nSPS) is 16.1. The van der Waals surface area contributed by atoms with E-state index in [0.29, 0.717) is 0 Å². The largest absolute Gasteiger partial charge is 0.503 e. The standard InChI is InChI=1S/C16H19NO.Tc/c1-5-17-15(18)14-10-16(3,4)9-12-7-6-11(2)8-13(12)14;/h6-8H,1,9-10H2,2-4H3,(H,17,18);/q-2;. The number of carbonyl (C=O) groups excluding carboxylic acids is 1. The fourth-order valence-electron chi connectivity index (χ4n) is 2.64. The molecule has 1 aliphatic carbocycles. The maximum Gasteiger partial charge on any atom is 0.0374 e. The monoisotopic (exact) mass is 338 g/mol. The Labute approximate surface area is 129 Å². The van der Waals surface area contributed by atoms with Crippen molar-refractivity contribution in [1.29, 1.82) is 0 Å². The van der Waals surface area contributed by atoms with Crippen molar-refractivity contribution in [2.24, 2.45) is 5.41 Å². The van der Waals surface area contributed by atoms with Gasteiger partial charge in [-0.25, -0.2) is 0 Å². The van der Waals surface area contributed by atoms with E-state index in [1.807, 2.05) is 0 Å². The molecule has 0 atom stereocenters. The molecule has 2 rings (SSSR count). The van der Waals surface area contributed by atoms with Gasteiger partial charge in [-0.2, -0.15) is 30.3 Å². The molecule has 0 saturated carbocycles. The Morgan fingerprint density at radius 2 is 2.16 bits per heavy atom. The number of aryl methyl sites for hydroxylation is 1. The molecule has 0 unspecified atom stereocenters. The van der Waals surface area contributed by atoms with E-state index in [0.717, 1.165) is 24.3 Å². The second-order valence-electron chi connectivity index (χ2n) is 5.79. The van der Waals surface area contributed by atoms with Gasteiger partial charge in [0, 0.05) is 26.0 Å². The number of benzene rings is 1. The van der Waals surface area contributed by atoms with E-state index in [1.165, 1.54) is 11.1 Å². The summed E-state index contributed by atoms with van der Waals surface area (Å²) >= 11 is 0. The van der Waals surface area contributed by atoms with E-state index in [-0.39, 0.29) is 31.4 Å². The van der Waals surface area contributed by atoms with Gasteiger partial charge in [0.05, 0.1) is 0 Å². The topological polar surface area (TPSA) is 29.1 Å². The van der Waals surface area contributed by atoms with Gasteiger partial charge in [-0.15, -0.1) is 17.2 Å². The summed E-state index contributed by atoms with van der Waals surface area (Å²) in [6, 6.07) is 6.34. The first-order valence-corrected chi connectivity index (χ1v) is 6.21. The third kappa shape index (κ3) is 3.49. The van der Waals surface area contributed by atoms with Crippen LogP contribution in [0, 0.1) is 24.5 Å². The summed E-state index contributed by atoms with van der Waals surface area (Å²) in [5, 5.41) is 2.58. The molecule has 1 N–H and O–H groups in total. The minimum atomic E-state index is -0.0791. The van der Waals surface area contributed by atoms with Gasteiger partial charge in [0.15, 0.2) is 0 Å². The van der Waals surface area contributed by atoms with Crippen LogP contribution in [-0.2, 0) is 31.3 Å². The van der Waals surface area contributed by atoms with Crippen LogP contribution >= 0.6 is 0 Å². The van der Waals surface area contributed by atoms with E-state index >= 15 is 0 Å². The first-order valence-electron chi connectivity index (χ1n) is 6.21. The predicted octanol–water partition coefficient (Wildman–Crippen LogP) is 2.95. The van der Waals surface area contributed by atoms with Crippen LogP contribution in [0.3, 0.4) is 0 Å². The molecule has 0 fully saturated rings. The summed E-state index contributed by atoms with van der Waals surface area (Å²) in [6.07, 6.45) is 4.27. The molecule has 1 amide bonds. The molecule has 1 aromatic carbocycles. The summed E-state index contributed by atoms with van der Waals surface area (Å²) in [7, 11) is 0. The van der Waals surface area contributed by atoms with Crippen molar-refractivity contribution >= 4 is 5.91 Å². The van der Waals surface area contributed by atoms with Crippen LogP contribution in [0.4, 0.5) is 0 Å². The van der Waals surface area contributed by atoms with Crippen LogP contribution in [0.2, 0.25) is 0 Å². The van der Waals surface area contributed by atoms with E-state index in [2.05, 4.69) is 57.1 Å². The fourth-order valence-corrected chi connectivity index (χ4v) is 2.64. The molecule has 1 aromatic rings. The molecular formula is C16H19NOTc-2. The number of hydrogen-bond donors (Lipinski definition) is 1. The number of carbonyl (C=O) groups is 1. The summed E-state index contributed by atoms with van der Waals surface area (Å²) in [5.74, 6) is 0.769. The zero-order valence-corrected chi connectivity index (χ0v) is 13.5. The van der Waals surface area contributed by atoms with Crippen molar-refractivity contribution in [2.45, 2.75) is 33.6 Å². The van der Waals surface area contributed by atoms with Crippen LogP contribution in [-0.4, -0.2) is 5.91 Å². The Kier molecular flexibility index (Phi) is 5.00. The van der Waals surface area contributed by atoms with Crippen LogP contribution in [0.25, 0.3) is 0 Å². The van der Waals surface area contributed by atoms with E-state index < -0.39 is 0 Å². The zero-order chi connectivity index (χ0) is 13.3. The summed E-state index contributed by atoms with van der Waals surface area (Å²) in [4.78, 5) is 12.1. The van der Waals surface area contributed by atoms with Gasteiger partial charge < -0.3 is 10.1 Å². The summed E-state index contributed by atoms with van der Waals surface area (Å²) in [5.41, 5.74) is 3.64. The molecule has 0 bridgehead atoms. The quantitative estimate of drug-likeness (QED) is 0.651. The number of nitrogens with one attached hydrogen (secondary N) is 1. The van der Waals surface area contributed by atoms with Crippen molar-refractivity contribution in [1.82, 2.24) is 5.32 Å². The van der Waals surface area contributed by atoms with E-state index in [9.17, 15) is 4.79 Å². The van der Waals surface area contributed by atoms with Crippen molar-refractivity contribution < 1.29 is 24.9 Å². The van der Waals surface area contributed by atoms with Gasteiger partial charge in [0.25, 0.3) is 0 Å². The smallest absolute Gasteiger partial charge is 0.0374 e. The van der Waals surface area contributed by atoms with Crippen molar-refractivity contribution in [3.8, 4) is 0 Å². The second kappa shape index (κ2) is 5.94. The van der Waals surface area contributed by atoms with Crippen LogP contribution in [0.15, 0.2) is 24.8 Å². The minimum Gasteiger partial charge on any atom is -0.503 e. The average Bonchev–Trinajstić information content (AvgIpc) is 2.28. The van der Waals surface area contributed by atoms with Crippen LogP contribution in [0.1, 0.15) is 37.0 Å². The maximum atomic E-state index is 12.1. The number of rotatable bonds is 2. The number of hydrogen-bond acceptors (Lipinski definition) is 1. The third-order valence-electron chi connectivity index (χ3n) is 3.39. The maximum absolute atomic E-state index is 12.1. The Morgan fingerprint density at radius 1 is 1.47 bits per heavy atom. The Hall–Kier alpha value is -1.05. The first-order chi connectivity index (χ1) is 8.43. The molecule has 0 aliphatic heterocycles. The molecule has 0 aromatic heterocycles. The number of amides is 1. The molecular weight excluding hydrogens is 320 g/mol. The van der Waals surface area contributed by atoms with Crippen LogP contribution in [0.5, 0.6) is 0 Å². The van der Waals surface area contributed by atoms with E-state index in [1.54, 1.807) is 0 Å². The molecule has 2 nitrogen and oxygen atoms in total. The fraction of sp³-hybridized carbons (Fsp3) is 0.375. The minimum absolute atomic E-state index is 0. The molecule has 3 heteroatoms. The Morgan fingerprint density at radius 3 is 2.79 bits per heavy atom. The molecule has 1 radical (unpaired) electrons. The first kappa shape index (κ1) is 16.0. The molecule has 0 spiro atoms. The van der Waals surface area contributed by atoms with Crippen molar-refractivity contribution in [3.63, 3.8) is 0 Å². The third-order valence-corrected chi connectivity index (χ3v) is 3.39. The van der Waals surface area contributed by atoms with Gasteiger partial charge in [0.1, 0.15) is 0 Å². The van der Waals surface area contributed by atoms with Crippen molar-refractivity contribution in [3.05, 3.63) is 53.6 Å². The second-order valence-corrected chi connectivity index (χ2v) is 5.79. The Balaban J connectivity index is 0.00000180. The average molecular weight is 339 g/mol. The summed E-state index contributed by atoms with van der Waals surface area (Å²) in [6.45, 7) is 9.88. The molecule has 1 aliphatic rings. The van der Waals surface area contributed by atoms with Gasteiger partial charge in [-0.05, 0) is 5.41 Å².